The van der Waals surface area contributed by atoms with Gasteiger partial charge < -0.3 is 4.74 Å². The fraction of sp³-hybridized carbons (Fsp3) is 0.188. The highest BCUT2D eigenvalue weighted by Crippen LogP contribution is 2.41. The predicted octanol–water partition coefficient (Wildman–Crippen LogP) is 3.81. The van der Waals surface area contributed by atoms with E-state index in [0.717, 1.165) is 16.7 Å². The van der Waals surface area contributed by atoms with Gasteiger partial charge in [-0.25, -0.2) is 0 Å². The second-order valence-corrected chi connectivity index (χ2v) is 5.74. The van der Waals surface area contributed by atoms with Crippen molar-refractivity contribution in [3.8, 4) is 5.75 Å². The van der Waals surface area contributed by atoms with Crippen LogP contribution in [0.5, 0.6) is 5.75 Å². The predicted molar refractivity (Wildman–Crippen MR) is 77.8 cm³/mol. The Labute approximate surface area is 120 Å². The first-order valence-electron chi connectivity index (χ1n) is 6.18. The third-order valence-electron chi connectivity index (χ3n) is 3.39. The zero-order valence-electron chi connectivity index (χ0n) is 10.5. The Hall–Kier alpha value is -1.61. The first-order chi connectivity index (χ1) is 9.16. The van der Waals surface area contributed by atoms with Crippen LogP contribution in [0.25, 0.3) is 0 Å². The van der Waals surface area contributed by atoms with Gasteiger partial charge in [-0.3, -0.25) is 4.79 Å². The third kappa shape index (κ3) is 2.19. The van der Waals surface area contributed by atoms with Crippen LogP contribution in [0.3, 0.4) is 0 Å². The Kier molecular flexibility index (Phi) is 3.15. The molecule has 0 radical (unpaired) electrons. The van der Waals surface area contributed by atoms with Crippen molar-refractivity contribution in [2.45, 2.75) is 17.7 Å². The maximum atomic E-state index is 12.0. The maximum Gasteiger partial charge on any atom is 0.326 e. The lowest BCUT2D eigenvalue weighted by Gasteiger charge is -2.29. The van der Waals surface area contributed by atoms with Gasteiger partial charge in [0.05, 0.1) is 0 Å². The Bertz CT molecular complexity index is 622. The van der Waals surface area contributed by atoms with Gasteiger partial charge in [0.25, 0.3) is 0 Å². The van der Waals surface area contributed by atoms with Crippen LogP contribution >= 0.6 is 15.9 Å². The Balaban J connectivity index is 2.17. The zero-order valence-corrected chi connectivity index (χ0v) is 12.1. The number of benzene rings is 2. The molecule has 96 valence electrons. The van der Waals surface area contributed by atoms with Gasteiger partial charge in [0.2, 0.25) is 0 Å². The highest BCUT2D eigenvalue weighted by Gasteiger charge is 2.36. The second kappa shape index (κ2) is 4.82. The molecule has 0 bridgehead atoms. The molecule has 0 fully saturated rings. The Morgan fingerprint density at radius 1 is 1.11 bits per heavy atom. The SMILES string of the molecule is Cc1ccc2c(c1)C(c1ccccc1)C(Br)C(=O)O2. The van der Waals surface area contributed by atoms with Crippen LogP contribution < -0.4 is 4.74 Å². The molecule has 1 aliphatic rings. The molecule has 0 aliphatic carbocycles. The van der Waals surface area contributed by atoms with Crippen LogP contribution in [0, 0.1) is 6.92 Å². The summed E-state index contributed by atoms with van der Waals surface area (Å²) in [6.07, 6.45) is 0. The van der Waals surface area contributed by atoms with Crippen molar-refractivity contribution in [1.82, 2.24) is 0 Å². The van der Waals surface area contributed by atoms with E-state index in [0.29, 0.717) is 5.75 Å². The number of carbonyl (C=O) groups excluding carboxylic acids is 1. The van der Waals surface area contributed by atoms with Crippen molar-refractivity contribution in [3.63, 3.8) is 0 Å². The number of carbonyl (C=O) groups is 1. The lowest BCUT2D eigenvalue weighted by molar-refractivity contribution is -0.134. The van der Waals surface area contributed by atoms with Crippen molar-refractivity contribution in [2.24, 2.45) is 0 Å². The molecule has 19 heavy (non-hydrogen) atoms. The number of aryl methyl sites for hydroxylation is 1. The van der Waals surface area contributed by atoms with Gasteiger partial charge in [0.15, 0.2) is 0 Å². The zero-order chi connectivity index (χ0) is 13.4. The van der Waals surface area contributed by atoms with Gasteiger partial charge in [0, 0.05) is 11.5 Å². The Morgan fingerprint density at radius 2 is 1.84 bits per heavy atom. The summed E-state index contributed by atoms with van der Waals surface area (Å²) in [4.78, 5) is 11.6. The molecular weight excluding hydrogens is 304 g/mol. The van der Waals surface area contributed by atoms with Crippen LogP contribution in [-0.4, -0.2) is 10.8 Å². The molecule has 0 N–H and O–H groups in total. The van der Waals surface area contributed by atoms with E-state index < -0.39 is 0 Å². The molecule has 0 saturated carbocycles. The van der Waals surface area contributed by atoms with E-state index in [1.54, 1.807) is 0 Å². The quantitative estimate of drug-likeness (QED) is 0.454. The van der Waals surface area contributed by atoms with Crippen LogP contribution in [0.15, 0.2) is 48.5 Å². The smallest absolute Gasteiger partial charge is 0.326 e. The number of rotatable bonds is 1. The van der Waals surface area contributed by atoms with Crippen LogP contribution in [-0.2, 0) is 4.79 Å². The molecule has 1 heterocycles. The van der Waals surface area contributed by atoms with Crippen LogP contribution in [0.4, 0.5) is 0 Å². The molecule has 0 saturated heterocycles. The molecule has 0 spiro atoms. The van der Waals surface area contributed by atoms with Crippen molar-refractivity contribution in [2.75, 3.05) is 0 Å². The molecule has 0 aromatic heterocycles. The average molecular weight is 317 g/mol. The number of hydrogen-bond donors (Lipinski definition) is 0. The summed E-state index contributed by atoms with van der Waals surface area (Å²) in [6, 6.07) is 16.0. The van der Waals surface area contributed by atoms with Gasteiger partial charge in [-0.1, -0.05) is 64.0 Å². The van der Waals surface area contributed by atoms with E-state index in [1.807, 2.05) is 49.4 Å². The largest absolute Gasteiger partial charge is 0.425 e. The molecule has 2 aromatic carbocycles. The number of alkyl halides is 1. The topological polar surface area (TPSA) is 26.3 Å². The molecule has 2 nitrogen and oxygen atoms in total. The molecule has 3 heteroatoms. The number of esters is 1. The molecule has 2 unspecified atom stereocenters. The standard InChI is InChI=1S/C16H13BrO2/c1-10-7-8-13-12(9-10)14(15(17)16(18)19-13)11-5-3-2-4-6-11/h2-9,14-15H,1H3. The number of ether oxygens (including phenoxy) is 1. The molecule has 2 aromatic rings. The molecular formula is C16H13BrO2. The minimum atomic E-state index is -0.343. The lowest BCUT2D eigenvalue weighted by Crippen LogP contribution is -2.32. The monoisotopic (exact) mass is 316 g/mol. The van der Waals surface area contributed by atoms with E-state index in [9.17, 15) is 4.79 Å². The summed E-state index contributed by atoms with van der Waals surface area (Å²) in [5.74, 6) is 0.433. The second-order valence-electron chi connectivity index (χ2n) is 4.75. The van der Waals surface area contributed by atoms with E-state index in [-0.39, 0.29) is 16.7 Å². The molecule has 0 amide bonds. The van der Waals surface area contributed by atoms with Crippen molar-refractivity contribution >= 4 is 21.9 Å². The Morgan fingerprint density at radius 3 is 2.58 bits per heavy atom. The fourth-order valence-electron chi connectivity index (χ4n) is 2.47. The van der Waals surface area contributed by atoms with Crippen molar-refractivity contribution in [3.05, 3.63) is 65.2 Å². The average Bonchev–Trinajstić information content (AvgIpc) is 2.42. The summed E-state index contributed by atoms with van der Waals surface area (Å²) >= 11 is 3.48. The van der Waals surface area contributed by atoms with E-state index >= 15 is 0 Å². The minimum absolute atomic E-state index is 0.00245. The van der Waals surface area contributed by atoms with Crippen molar-refractivity contribution in [1.29, 1.82) is 0 Å². The van der Waals surface area contributed by atoms with Crippen molar-refractivity contribution < 1.29 is 9.53 Å². The first-order valence-corrected chi connectivity index (χ1v) is 7.09. The summed E-state index contributed by atoms with van der Waals surface area (Å²) in [7, 11) is 0. The summed E-state index contributed by atoms with van der Waals surface area (Å²) in [6.45, 7) is 2.04. The van der Waals surface area contributed by atoms with E-state index in [4.69, 9.17) is 4.74 Å². The van der Waals surface area contributed by atoms with Gasteiger partial charge in [-0.05, 0) is 18.6 Å². The molecule has 3 rings (SSSR count). The van der Waals surface area contributed by atoms with Gasteiger partial charge in [-0.15, -0.1) is 0 Å². The fourth-order valence-corrected chi connectivity index (χ4v) is 3.15. The summed E-state index contributed by atoms with van der Waals surface area (Å²) in [5, 5.41) is 0. The van der Waals surface area contributed by atoms with E-state index in [1.165, 1.54) is 0 Å². The van der Waals surface area contributed by atoms with Gasteiger partial charge >= 0.3 is 5.97 Å². The maximum absolute atomic E-state index is 12.0. The minimum Gasteiger partial charge on any atom is -0.425 e. The number of halogens is 1. The summed E-state index contributed by atoms with van der Waals surface area (Å²) in [5.41, 5.74) is 3.35. The van der Waals surface area contributed by atoms with Gasteiger partial charge in [-0.2, -0.15) is 0 Å². The number of hydrogen-bond acceptors (Lipinski definition) is 2. The highest BCUT2D eigenvalue weighted by molar-refractivity contribution is 9.10. The van der Waals surface area contributed by atoms with Crippen LogP contribution in [0.1, 0.15) is 22.6 Å². The van der Waals surface area contributed by atoms with Gasteiger partial charge in [0.1, 0.15) is 10.6 Å². The molecule has 2 atom stereocenters. The highest BCUT2D eigenvalue weighted by atomic mass is 79.9. The van der Waals surface area contributed by atoms with E-state index in [2.05, 4.69) is 22.0 Å². The normalized spacial score (nSPS) is 21.7. The third-order valence-corrected chi connectivity index (χ3v) is 4.29. The lowest BCUT2D eigenvalue weighted by atomic mass is 9.85. The van der Waals surface area contributed by atoms with Crippen LogP contribution in [0.2, 0.25) is 0 Å². The molecule has 1 aliphatic heterocycles. The first kappa shape index (κ1) is 12.4. The number of fused-ring (bicyclic) bond motifs is 1. The summed E-state index contributed by atoms with van der Waals surface area (Å²) < 4.78 is 5.37.